The van der Waals surface area contributed by atoms with Gasteiger partial charge in [0.1, 0.15) is 6.10 Å². The maximum Gasteiger partial charge on any atom is 0.319 e. The minimum atomic E-state index is -2.77. The molecule has 2 heterocycles. The van der Waals surface area contributed by atoms with Gasteiger partial charge in [0.2, 0.25) is 5.88 Å². The van der Waals surface area contributed by atoms with Crippen molar-refractivity contribution >= 4 is 16.4 Å². The highest BCUT2D eigenvalue weighted by Crippen LogP contribution is 2.45. The highest BCUT2D eigenvalue weighted by Gasteiger charge is 2.41. The van der Waals surface area contributed by atoms with Crippen molar-refractivity contribution in [2.45, 2.75) is 31.8 Å². The zero-order valence-corrected chi connectivity index (χ0v) is 14.1. The molecule has 2 bridgehead atoms. The molecule has 2 saturated carbocycles. The fourth-order valence-corrected chi connectivity index (χ4v) is 3.99. The van der Waals surface area contributed by atoms with Gasteiger partial charge in [0.05, 0.1) is 5.56 Å². The number of carbonyl (C=O) groups is 1. The number of pyridine rings is 1. The third-order valence-corrected chi connectivity index (χ3v) is 5.21. The second kappa shape index (κ2) is 6.40. The lowest BCUT2D eigenvalue weighted by Gasteiger charge is -2.21. The summed E-state index contributed by atoms with van der Waals surface area (Å²) >= 11 is 0. The number of nitrogens with zero attached hydrogens (tertiary/aromatic N) is 4. The van der Waals surface area contributed by atoms with E-state index < -0.39 is 16.4 Å². The SMILES string of the molecule is O=C(N=S(=O)=O)c1ccc(-n2ccc(O[C@H]3C[C@@H]4CC[C@H]3C4)n2)nc1. The third-order valence-electron chi connectivity index (χ3n) is 4.90. The Kier molecular flexibility index (Phi) is 4.08. The molecule has 25 heavy (non-hydrogen) atoms. The van der Waals surface area contributed by atoms with E-state index in [1.165, 1.54) is 31.5 Å². The van der Waals surface area contributed by atoms with Gasteiger partial charge >= 0.3 is 10.5 Å². The van der Waals surface area contributed by atoms with Crippen LogP contribution in [0.1, 0.15) is 36.0 Å². The number of fused-ring (bicyclic) bond motifs is 2. The van der Waals surface area contributed by atoms with Gasteiger partial charge in [-0.15, -0.1) is 5.10 Å². The molecule has 0 unspecified atom stereocenters. The summed E-state index contributed by atoms with van der Waals surface area (Å²) in [6.45, 7) is 0. The molecule has 0 radical (unpaired) electrons. The molecule has 2 aliphatic rings. The summed E-state index contributed by atoms with van der Waals surface area (Å²) in [5.41, 5.74) is 0.0959. The van der Waals surface area contributed by atoms with E-state index in [1.54, 1.807) is 23.0 Å². The molecule has 130 valence electrons. The zero-order chi connectivity index (χ0) is 17.4. The standard InChI is InChI=1S/C16H16N4O4S/c21-16(19-25(22)23)12-3-4-14(17-9-12)20-6-5-15(18-20)24-13-8-10-1-2-11(13)7-10/h3-6,9-11,13H,1-2,7-8H2/t10-,11+,13+/m1/s1. The third kappa shape index (κ3) is 3.32. The van der Waals surface area contributed by atoms with E-state index in [-0.39, 0.29) is 11.7 Å². The second-order valence-electron chi connectivity index (χ2n) is 6.45. The molecule has 8 nitrogen and oxygen atoms in total. The number of amides is 1. The number of aromatic nitrogens is 3. The molecule has 2 fully saturated rings. The van der Waals surface area contributed by atoms with Crippen LogP contribution >= 0.6 is 0 Å². The van der Waals surface area contributed by atoms with Gasteiger partial charge < -0.3 is 4.74 Å². The predicted octanol–water partition coefficient (Wildman–Crippen LogP) is 2.04. The van der Waals surface area contributed by atoms with Crippen molar-refractivity contribution in [2.75, 3.05) is 0 Å². The lowest BCUT2D eigenvalue weighted by molar-refractivity contribution is 0.100. The lowest BCUT2D eigenvalue weighted by atomic mass is 9.98. The second-order valence-corrected chi connectivity index (χ2v) is 7.07. The molecule has 0 N–H and O–H groups in total. The van der Waals surface area contributed by atoms with E-state index in [0.717, 1.165) is 12.3 Å². The summed E-state index contributed by atoms with van der Waals surface area (Å²) in [6, 6.07) is 4.83. The minimum Gasteiger partial charge on any atom is -0.473 e. The van der Waals surface area contributed by atoms with Gasteiger partial charge in [-0.3, -0.25) is 4.79 Å². The number of rotatable bonds is 4. The Balaban J connectivity index is 1.46. The molecule has 1 amide bonds. The first-order chi connectivity index (χ1) is 12.1. The maximum atomic E-state index is 11.5. The van der Waals surface area contributed by atoms with Crippen LogP contribution in [0.5, 0.6) is 5.88 Å². The van der Waals surface area contributed by atoms with E-state index in [4.69, 9.17) is 4.74 Å². The maximum absolute atomic E-state index is 11.5. The van der Waals surface area contributed by atoms with Crippen LogP contribution in [0.4, 0.5) is 0 Å². The Bertz CT molecular complexity index is 927. The summed E-state index contributed by atoms with van der Waals surface area (Å²) < 4.78 is 31.4. The van der Waals surface area contributed by atoms with Crippen LogP contribution in [0.25, 0.3) is 5.82 Å². The highest BCUT2D eigenvalue weighted by molar-refractivity contribution is 7.62. The van der Waals surface area contributed by atoms with Crippen LogP contribution in [-0.4, -0.2) is 35.2 Å². The average Bonchev–Trinajstić information content (AvgIpc) is 3.31. The van der Waals surface area contributed by atoms with E-state index >= 15 is 0 Å². The first-order valence-corrected chi connectivity index (χ1v) is 9.16. The van der Waals surface area contributed by atoms with Crippen molar-refractivity contribution in [1.29, 1.82) is 0 Å². The fraction of sp³-hybridized carbons (Fsp3) is 0.438. The van der Waals surface area contributed by atoms with Crippen LogP contribution in [-0.2, 0) is 10.5 Å². The molecular weight excluding hydrogens is 344 g/mol. The van der Waals surface area contributed by atoms with Gasteiger partial charge in [-0.05, 0) is 49.7 Å². The first kappa shape index (κ1) is 15.9. The monoisotopic (exact) mass is 360 g/mol. The fourth-order valence-electron chi connectivity index (χ4n) is 3.75. The lowest BCUT2D eigenvalue weighted by Crippen LogP contribution is -2.23. The summed E-state index contributed by atoms with van der Waals surface area (Å²) in [4.78, 5) is 15.6. The number of carbonyl (C=O) groups excluding carboxylic acids is 1. The summed E-state index contributed by atoms with van der Waals surface area (Å²) in [6.07, 6.45) is 8.20. The molecule has 3 atom stereocenters. The zero-order valence-electron chi connectivity index (χ0n) is 13.3. The van der Waals surface area contributed by atoms with Crippen LogP contribution in [0.2, 0.25) is 0 Å². The Morgan fingerprint density at radius 3 is 2.76 bits per heavy atom. The predicted molar refractivity (Wildman–Crippen MR) is 86.9 cm³/mol. The molecule has 2 aliphatic carbocycles. The smallest absolute Gasteiger partial charge is 0.319 e. The highest BCUT2D eigenvalue weighted by atomic mass is 32.2. The summed E-state index contributed by atoms with van der Waals surface area (Å²) in [5, 5.41) is 4.38. The normalized spacial score (nSPS) is 24.2. The molecule has 0 spiro atoms. The van der Waals surface area contributed by atoms with Crippen molar-refractivity contribution in [1.82, 2.24) is 14.8 Å². The van der Waals surface area contributed by atoms with E-state index in [2.05, 4.69) is 14.4 Å². The Labute approximate surface area is 145 Å². The van der Waals surface area contributed by atoms with E-state index in [0.29, 0.717) is 17.6 Å². The Hall–Kier alpha value is -2.55. The number of hydrogen-bond donors (Lipinski definition) is 0. The molecule has 0 saturated heterocycles. The minimum absolute atomic E-state index is 0.0959. The Morgan fingerprint density at radius 1 is 1.24 bits per heavy atom. The molecule has 2 aromatic heterocycles. The van der Waals surface area contributed by atoms with Crippen molar-refractivity contribution in [3.8, 4) is 11.7 Å². The van der Waals surface area contributed by atoms with Gasteiger partial charge in [-0.25, -0.2) is 9.67 Å². The van der Waals surface area contributed by atoms with Crippen molar-refractivity contribution in [3.05, 3.63) is 36.2 Å². The molecule has 0 aromatic carbocycles. The van der Waals surface area contributed by atoms with Crippen molar-refractivity contribution in [3.63, 3.8) is 0 Å². The molecule has 2 aromatic rings. The summed E-state index contributed by atoms with van der Waals surface area (Å²) in [5.74, 6) is 1.67. The van der Waals surface area contributed by atoms with E-state index in [1.807, 2.05) is 0 Å². The molecular formula is C16H16N4O4S. The number of ether oxygens (including phenoxy) is 1. The van der Waals surface area contributed by atoms with Gasteiger partial charge in [0, 0.05) is 18.5 Å². The Morgan fingerprint density at radius 2 is 2.12 bits per heavy atom. The van der Waals surface area contributed by atoms with Gasteiger partial charge in [-0.2, -0.15) is 8.42 Å². The van der Waals surface area contributed by atoms with E-state index in [9.17, 15) is 13.2 Å². The van der Waals surface area contributed by atoms with Crippen LogP contribution in [0, 0.1) is 11.8 Å². The first-order valence-electron chi connectivity index (χ1n) is 8.12. The summed E-state index contributed by atoms with van der Waals surface area (Å²) in [7, 11) is -2.77. The topological polar surface area (TPSA) is 104 Å². The van der Waals surface area contributed by atoms with Crippen molar-refractivity contribution < 1.29 is 17.9 Å². The van der Waals surface area contributed by atoms with Gasteiger partial charge in [0.15, 0.2) is 5.82 Å². The molecule has 0 aliphatic heterocycles. The molecule has 9 heteroatoms. The molecule has 4 rings (SSSR count). The van der Waals surface area contributed by atoms with Gasteiger partial charge in [0.25, 0.3) is 5.91 Å². The van der Waals surface area contributed by atoms with Crippen LogP contribution in [0.15, 0.2) is 35.0 Å². The average molecular weight is 360 g/mol. The largest absolute Gasteiger partial charge is 0.473 e. The van der Waals surface area contributed by atoms with Crippen LogP contribution in [0.3, 0.4) is 0 Å². The number of hydrogen-bond acceptors (Lipinski definition) is 6. The van der Waals surface area contributed by atoms with Gasteiger partial charge in [-0.1, -0.05) is 4.36 Å². The quantitative estimate of drug-likeness (QED) is 0.826. The van der Waals surface area contributed by atoms with Crippen LogP contribution < -0.4 is 4.74 Å². The van der Waals surface area contributed by atoms with Crippen molar-refractivity contribution in [2.24, 2.45) is 16.2 Å².